The van der Waals surface area contributed by atoms with Crippen LogP contribution in [0.1, 0.15) is 36.1 Å². The third-order valence-corrected chi connectivity index (χ3v) is 5.96. The Hall–Kier alpha value is -2.52. The fraction of sp³-hybridized carbons (Fsp3) is 0.231. The van der Waals surface area contributed by atoms with E-state index in [-0.39, 0.29) is 0 Å². The van der Waals surface area contributed by atoms with Crippen LogP contribution < -0.4 is 5.32 Å². The predicted octanol–water partition coefficient (Wildman–Crippen LogP) is 6.95. The molecular weight excluding hydrogens is 420 g/mol. The summed E-state index contributed by atoms with van der Waals surface area (Å²) >= 11 is 3.59. The molecule has 0 radical (unpaired) electrons. The molecule has 1 N–H and O–H groups in total. The Morgan fingerprint density at radius 2 is 1.83 bits per heavy atom. The van der Waals surface area contributed by atoms with Gasteiger partial charge in [-0.2, -0.15) is 0 Å². The Morgan fingerprint density at radius 1 is 1.14 bits per heavy atom. The lowest BCUT2D eigenvalue weighted by Gasteiger charge is -2.26. The van der Waals surface area contributed by atoms with E-state index in [9.17, 15) is 0 Å². The lowest BCUT2D eigenvalue weighted by atomic mass is 10.0. The number of nitrogens with one attached hydrogen (secondary N) is 1. The SMILES string of the molecule is C=C/C(Br)=C(/C)N(C)/C(=C\C(=C)c1ccccc1C)NCc1cccc(CC)c1. The second kappa shape index (κ2) is 10.9. The van der Waals surface area contributed by atoms with E-state index in [2.05, 4.69) is 109 Å². The first-order valence-electron chi connectivity index (χ1n) is 9.88. The largest absolute Gasteiger partial charge is 0.367 e. The summed E-state index contributed by atoms with van der Waals surface area (Å²) in [5.74, 6) is 0.983. The highest BCUT2D eigenvalue weighted by Crippen LogP contribution is 2.23. The van der Waals surface area contributed by atoms with E-state index in [1.165, 1.54) is 16.7 Å². The van der Waals surface area contributed by atoms with Gasteiger partial charge in [0, 0.05) is 23.8 Å². The molecule has 2 nitrogen and oxygen atoms in total. The molecule has 0 aliphatic carbocycles. The zero-order chi connectivity index (χ0) is 21.4. The van der Waals surface area contributed by atoms with Crippen molar-refractivity contribution < 1.29 is 0 Å². The summed E-state index contributed by atoms with van der Waals surface area (Å²) in [6.45, 7) is 15.3. The van der Waals surface area contributed by atoms with Gasteiger partial charge in [0.15, 0.2) is 0 Å². The van der Waals surface area contributed by atoms with Crippen molar-refractivity contribution in [1.82, 2.24) is 10.2 Å². The Kier molecular flexibility index (Phi) is 8.53. The molecule has 0 amide bonds. The Labute approximate surface area is 184 Å². The zero-order valence-electron chi connectivity index (χ0n) is 17.9. The molecule has 0 spiro atoms. The molecule has 29 heavy (non-hydrogen) atoms. The average Bonchev–Trinajstić information content (AvgIpc) is 2.75. The van der Waals surface area contributed by atoms with Crippen molar-refractivity contribution in [2.75, 3.05) is 7.05 Å². The summed E-state index contributed by atoms with van der Waals surface area (Å²) in [7, 11) is 2.05. The predicted molar refractivity (Wildman–Crippen MR) is 131 cm³/mol. The number of halogens is 1. The smallest absolute Gasteiger partial charge is 0.106 e. The molecule has 3 heteroatoms. The van der Waals surface area contributed by atoms with Gasteiger partial charge in [0.2, 0.25) is 0 Å². The Bertz CT molecular complexity index is 937. The maximum Gasteiger partial charge on any atom is 0.106 e. The molecule has 0 saturated carbocycles. The molecule has 0 heterocycles. The molecule has 0 fully saturated rings. The number of benzene rings is 2. The van der Waals surface area contributed by atoms with Crippen molar-refractivity contribution in [3.63, 3.8) is 0 Å². The van der Waals surface area contributed by atoms with Crippen molar-refractivity contribution in [3.8, 4) is 0 Å². The average molecular weight is 451 g/mol. The topological polar surface area (TPSA) is 15.3 Å². The van der Waals surface area contributed by atoms with Crippen molar-refractivity contribution >= 4 is 21.5 Å². The minimum Gasteiger partial charge on any atom is -0.367 e. The van der Waals surface area contributed by atoms with Crippen LogP contribution in [0.3, 0.4) is 0 Å². The molecule has 0 saturated heterocycles. The van der Waals surface area contributed by atoms with E-state index in [4.69, 9.17) is 0 Å². The van der Waals surface area contributed by atoms with Crippen LogP contribution in [0, 0.1) is 6.92 Å². The van der Waals surface area contributed by atoms with Crippen molar-refractivity contribution in [1.29, 1.82) is 0 Å². The third kappa shape index (κ3) is 6.23. The third-order valence-electron chi connectivity index (χ3n) is 5.06. The summed E-state index contributed by atoms with van der Waals surface area (Å²) < 4.78 is 0.960. The number of nitrogens with zero attached hydrogens (tertiary/aromatic N) is 1. The van der Waals surface area contributed by atoms with Crippen LogP contribution in [0.5, 0.6) is 0 Å². The molecule has 0 aliphatic heterocycles. The van der Waals surface area contributed by atoms with Crippen molar-refractivity contribution in [3.05, 3.63) is 112 Å². The maximum atomic E-state index is 4.32. The van der Waals surface area contributed by atoms with Crippen molar-refractivity contribution in [2.24, 2.45) is 0 Å². The van der Waals surface area contributed by atoms with E-state index >= 15 is 0 Å². The zero-order valence-corrected chi connectivity index (χ0v) is 19.5. The van der Waals surface area contributed by atoms with E-state index < -0.39 is 0 Å². The molecule has 0 bridgehead atoms. The normalized spacial score (nSPS) is 12.2. The molecule has 2 aromatic rings. The van der Waals surface area contributed by atoms with Gasteiger partial charge in [-0.05, 0) is 70.1 Å². The molecule has 0 aliphatic rings. The number of hydrogen-bond acceptors (Lipinski definition) is 2. The first kappa shape index (κ1) is 22.8. The first-order valence-corrected chi connectivity index (χ1v) is 10.7. The summed E-state index contributed by atoms with van der Waals surface area (Å²) in [6, 6.07) is 17.0. The van der Waals surface area contributed by atoms with E-state index in [1.54, 1.807) is 0 Å². The number of allylic oxidation sites excluding steroid dienone is 5. The summed E-state index contributed by atoms with van der Waals surface area (Å²) in [5, 5.41) is 3.60. The van der Waals surface area contributed by atoms with Crippen LogP contribution in [-0.4, -0.2) is 11.9 Å². The molecule has 0 unspecified atom stereocenters. The van der Waals surface area contributed by atoms with Gasteiger partial charge < -0.3 is 10.2 Å². The Balaban J connectivity index is 2.35. The lowest BCUT2D eigenvalue weighted by Crippen LogP contribution is -2.27. The standard InChI is InChI=1S/C26H31BrN2/c1-7-22-13-11-14-23(17-22)18-28-26(29(6)21(5)25(27)8-2)16-20(4)24-15-10-9-12-19(24)3/h8-17,28H,2,4,7,18H2,1,3,5-6H3/b25-21+,26-16-. The van der Waals surface area contributed by atoms with E-state index in [0.29, 0.717) is 0 Å². The molecule has 2 rings (SSSR count). The van der Waals surface area contributed by atoms with Crippen LogP contribution in [0.15, 0.2) is 89.8 Å². The van der Waals surface area contributed by atoms with Crippen LogP contribution in [0.25, 0.3) is 5.57 Å². The fourth-order valence-electron chi connectivity index (χ4n) is 3.08. The van der Waals surface area contributed by atoms with Gasteiger partial charge >= 0.3 is 0 Å². The monoisotopic (exact) mass is 450 g/mol. The van der Waals surface area contributed by atoms with Gasteiger partial charge in [-0.25, -0.2) is 0 Å². The van der Waals surface area contributed by atoms with Crippen LogP contribution >= 0.6 is 15.9 Å². The molecular formula is C26H31BrN2. The highest BCUT2D eigenvalue weighted by molar-refractivity contribution is 9.11. The van der Waals surface area contributed by atoms with Gasteiger partial charge in [0.1, 0.15) is 5.82 Å². The van der Waals surface area contributed by atoms with Gasteiger partial charge in [-0.3, -0.25) is 0 Å². The van der Waals surface area contributed by atoms with Gasteiger partial charge in [-0.15, -0.1) is 0 Å². The maximum absolute atomic E-state index is 4.32. The number of rotatable bonds is 9. The number of aryl methyl sites for hydroxylation is 2. The van der Waals surface area contributed by atoms with Gasteiger partial charge in [0.05, 0.1) is 0 Å². The highest BCUT2D eigenvalue weighted by atomic mass is 79.9. The van der Waals surface area contributed by atoms with E-state index in [0.717, 1.165) is 40.1 Å². The van der Waals surface area contributed by atoms with Gasteiger partial charge in [-0.1, -0.05) is 74.7 Å². The molecule has 2 aromatic carbocycles. The first-order chi connectivity index (χ1) is 13.9. The van der Waals surface area contributed by atoms with Crippen molar-refractivity contribution in [2.45, 2.75) is 33.7 Å². The quantitative estimate of drug-likeness (QED) is 0.415. The fourth-order valence-corrected chi connectivity index (χ4v) is 3.35. The van der Waals surface area contributed by atoms with Crippen LogP contribution in [-0.2, 0) is 13.0 Å². The summed E-state index contributed by atoms with van der Waals surface area (Å²) in [6.07, 6.45) is 4.96. The summed E-state index contributed by atoms with van der Waals surface area (Å²) in [5.41, 5.74) is 7.01. The number of hydrogen-bond donors (Lipinski definition) is 1. The lowest BCUT2D eigenvalue weighted by molar-refractivity contribution is 0.467. The Morgan fingerprint density at radius 3 is 2.48 bits per heavy atom. The molecule has 0 atom stereocenters. The summed E-state index contributed by atoms with van der Waals surface area (Å²) in [4.78, 5) is 2.12. The van der Waals surface area contributed by atoms with E-state index in [1.807, 2.05) is 19.2 Å². The van der Waals surface area contributed by atoms with Crippen LogP contribution in [0.2, 0.25) is 0 Å². The molecule has 0 aromatic heterocycles. The highest BCUT2D eigenvalue weighted by Gasteiger charge is 2.11. The minimum atomic E-state index is 0.740. The second-order valence-corrected chi connectivity index (χ2v) is 7.95. The van der Waals surface area contributed by atoms with Gasteiger partial charge in [0.25, 0.3) is 0 Å². The minimum absolute atomic E-state index is 0.740. The molecule has 152 valence electrons. The van der Waals surface area contributed by atoms with Crippen LogP contribution in [0.4, 0.5) is 0 Å². The second-order valence-electron chi connectivity index (χ2n) is 7.09.